The van der Waals surface area contributed by atoms with E-state index in [1.165, 1.54) is 6.07 Å². The second-order valence-electron chi connectivity index (χ2n) is 4.84. The van der Waals surface area contributed by atoms with Gasteiger partial charge in [0.25, 0.3) is 5.69 Å². The molecule has 6 heteroatoms. The minimum Gasteiger partial charge on any atom is -0.481 e. The van der Waals surface area contributed by atoms with Crippen LogP contribution in [0.1, 0.15) is 25.8 Å². The van der Waals surface area contributed by atoms with Gasteiger partial charge in [0.1, 0.15) is 0 Å². The summed E-state index contributed by atoms with van der Waals surface area (Å²) in [7, 11) is 0. The number of nitro groups is 1. The Morgan fingerprint density at radius 3 is 2.61 bits per heavy atom. The lowest BCUT2D eigenvalue weighted by atomic mass is 10.00. The first-order valence-corrected chi connectivity index (χ1v) is 5.46. The predicted molar refractivity (Wildman–Crippen MR) is 67.8 cm³/mol. The lowest BCUT2D eigenvalue weighted by molar-refractivity contribution is -0.385. The maximum atomic E-state index is 10.8. The van der Waals surface area contributed by atoms with Crippen LogP contribution in [-0.2, 0) is 4.79 Å². The highest BCUT2D eigenvalue weighted by Crippen LogP contribution is 2.25. The molecule has 0 aliphatic heterocycles. The summed E-state index contributed by atoms with van der Waals surface area (Å²) in [4.78, 5) is 21.0. The largest absolute Gasteiger partial charge is 0.481 e. The molecule has 0 aromatic heterocycles. The van der Waals surface area contributed by atoms with E-state index < -0.39 is 16.4 Å². The fourth-order valence-electron chi connectivity index (χ4n) is 1.70. The van der Waals surface area contributed by atoms with Crippen LogP contribution in [0.2, 0.25) is 0 Å². The zero-order chi connectivity index (χ0) is 13.9. The predicted octanol–water partition coefficient (Wildman–Crippen LogP) is 2.57. The Morgan fingerprint density at radius 2 is 2.11 bits per heavy atom. The third-order valence-corrected chi connectivity index (χ3v) is 2.48. The average molecular weight is 252 g/mol. The van der Waals surface area contributed by atoms with Crippen LogP contribution in [0.3, 0.4) is 0 Å². The second kappa shape index (κ2) is 5.03. The third kappa shape index (κ3) is 3.73. The number of nitrogens with zero attached hydrogens (tertiary/aromatic N) is 1. The van der Waals surface area contributed by atoms with E-state index in [1.807, 2.05) is 0 Å². The lowest BCUT2D eigenvalue weighted by Gasteiger charge is -2.25. The smallest absolute Gasteiger partial charge is 0.305 e. The molecule has 1 rings (SSSR count). The van der Waals surface area contributed by atoms with Gasteiger partial charge < -0.3 is 10.4 Å². The zero-order valence-corrected chi connectivity index (χ0v) is 10.6. The molecule has 0 heterocycles. The highest BCUT2D eigenvalue weighted by Gasteiger charge is 2.22. The first-order chi connectivity index (χ1) is 8.21. The first kappa shape index (κ1) is 14.0. The van der Waals surface area contributed by atoms with Gasteiger partial charge in [0, 0.05) is 22.9 Å². The summed E-state index contributed by atoms with van der Waals surface area (Å²) in [6.07, 6.45) is -0.0747. The standard InChI is InChI=1S/C12H16N2O4/c1-8-4-5-9(6-10(8)14(17)18)13-12(2,3)7-11(15)16/h4-6,13H,7H2,1-3H3,(H,15,16). The lowest BCUT2D eigenvalue weighted by Crippen LogP contribution is -2.33. The van der Waals surface area contributed by atoms with E-state index >= 15 is 0 Å². The van der Waals surface area contributed by atoms with E-state index in [4.69, 9.17) is 5.11 Å². The number of aryl methyl sites for hydroxylation is 1. The molecule has 1 aromatic rings. The van der Waals surface area contributed by atoms with E-state index in [2.05, 4.69) is 5.32 Å². The summed E-state index contributed by atoms with van der Waals surface area (Å²) in [5.74, 6) is -0.922. The Labute approximate surface area is 105 Å². The summed E-state index contributed by atoms with van der Waals surface area (Å²) in [6.45, 7) is 5.12. The van der Waals surface area contributed by atoms with Gasteiger partial charge in [0.05, 0.1) is 11.3 Å². The van der Waals surface area contributed by atoms with Crippen LogP contribution in [0.4, 0.5) is 11.4 Å². The fourth-order valence-corrected chi connectivity index (χ4v) is 1.70. The van der Waals surface area contributed by atoms with Crippen LogP contribution in [0.25, 0.3) is 0 Å². The van der Waals surface area contributed by atoms with Crippen molar-refractivity contribution in [3.8, 4) is 0 Å². The van der Waals surface area contributed by atoms with Crippen LogP contribution < -0.4 is 5.32 Å². The maximum Gasteiger partial charge on any atom is 0.305 e. The topological polar surface area (TPSA) is 92.5 Å². The number of rotatable bonds is 5. The van der Waals surface area contributed by atoms with Crippen LogP contribution >= 0.6 is 0 Å². The summed E-state index contributed by atoms with van der Waals surface area (Å²) in [5.41, 5.74) is 0.459. The molecule has 0 fully saturated rings. The van der Waals surface area contributed by atoms with Gasteiger partial charge in [0.15, 0.2) is 0 Å². The SMILES string of the molecule is Cc1ccc(NC(C)(C)CC(=O)O)cc1[N+](=O)[O-]. The Morgan fingerprint density at radius 1 is 1.50 bits per heavy atom. The summed E-state index contributed by atoms with van der Waals surface area (Å²) in [5, 5.41) is 22.6. The van der Waals surface area contributed by atoms with Crippen molar-refractivity contribution < 1.29 is 14.8 Å². The normalized spacial score (nSPS) is 11.1. The van der Waals surface area contributed by atoms with E-state index in [0.717, 1.165) is 0 Å². The first-order valence-electron chi connectivity index (χ1n) is 5.46. The summed E-state index contributed by atoms with van der Waals surface area (Å²) < 4.78 is 0. The molecule has 0 amide bonds. The molecule has 0 saturated carbocycles. The Hall–Kier alpha value is -2.11. The molecule has 2 N–H and O–H groups in total. The molecule has 0 unspecified atom stereocenters. The summed E-state index contributed by atoms with van der Waals surface area (Å²) >= 11 is 0. The molecule has 0 atom stereocenters. The van der Waals surface area contributed by atoms with E-state index in [-0.39, 0.29) is 12.1 Å². The molecule has 0 spiro atoms. The summed E-state index contributed by atoms with van der Waals surface area (Å²) in [6, 6.07) is 4.75. The molecular weight excluding hydrogens is 236 g/mol. The van der Waals surface area contributed by atoms with Gasteiger partial charge in [-0.3, -0.25) is 14.9 Å². The van der Waals surface area contributed by atoms with Crippen molar-refractivity contribution >= 4 is 17.3 Å². The molecular formula is C12H16N2O4. The molecule has 0 bridgehead atoms. The highest BCUT2D eigenvalue weighted by atomic mass is 16.6. The van der Waals surface area contributed by atoms with Gasteiger partial charge in [0.2, 0.25) is 0 Å². The van der Waals surface area contributed by atoms with Gasteiger partial charge in [-0.2, -0.15) is 0 Å². The van der Waals surface area contributed by atoms with Crippen LogP contribution in [-0.4, -0.2) is 21.5 Å². The minimum atomic E-state index is -0.922. The van der Waals surface area contributed by atoms with E-state index in [9.17, 15) is 14.9 Å². The van der Waals surface area contributed by atoms with E-state index in [1.54, 1.807) is 32.9 Å². The number of carboxylic acid groups (broad SMARTS) is 1. The van der Waals surface area contributed by atoms with Crippen LogP contribution in [0, 0.1) is 17.0 Å². The van der Waals surface area contributed by atoms with Crippen molar-refractivity contribution in [2.45, 2.75) is 32.7 Å². The molecule has 0 aliphatic rings. The van der Waals surface area contributed by atoms with Gasteiger partial charge in [-0.1, -0.05) is 6.07 Å². The number of carbonyl (C=O) groups is 1. The monoisotopic (exact) mass is 252 g/mol. The minimum absolute atomic E-state index is 0.0196. The van der Waals surface area contributed by atoms with Crippen molar-refractivity contribution in [1.82, 2.24) is 0 Å². The number of anilines is 1. The number of nitrogens with one attached hydrogen (secondary N) is 1. The molecule has 6 nitrogen and oxygen atoms in total. The molecule has 18 heavy (non-hydrogen) atoms. The number of carboxylic acids is 1. The van der Waals surface area contributed by atoms with Crippen molar-refractivity contribution in [3.05, 3.63) is 33.9 Å². The number of benzene rings is 1. The Kier molecular flexibility index (Phi) is 3.90. The van der Waals surface area contributed by atoms with Gasteiger partial charge in [-0.05, 0) is 26.8 Å². The number of hydrogen-bond acceptors (Lipinski definition) is 4. The zero-order valence-electron chi connectivity index (χ0n) is 10.6. The molecule has 98 valence electrons. The molecule has 0 aliphatic carbocycles. The van der Waals surface area contributed by atoms with Crippen LogP contribution in [0.15, 0.2) is 18.2 Å². The van der Waals surface area contributed by atoms with Gasteiger partial charge in [-0.15, -0.1) is 0 Å². The van der Waals surface area contributed by atoms with Crippen LogP contribution in [0.5, 0.6) is 0 Å². The van der Waals surface area contributed by atoms with Crippen molar-refractivity contribution in [2.75, 3.05) is 5.32 Å². The van der Waals surface area contributed by atoms with Gasteiger partial charge in [-0.25, -0.2) is 0 Å². The number of nitro benzene ring substituents is 1. The number of hydrogen-bond donors (Lipinski definition) is 2. The fraction of sp³-hybridized carbons (Fsp3) is 0.417. The molecule has 0 saturated heterocycles. The Bertz CT molecular complexity index is 483. The molecule has 0 radical (unpaired) electrons. The average Bonchev–Trinajstić information content (AvgIpc) is 2.18. The quantitative estimate of drug-likeness (QED) is 0.620. The maximum absolute atomic E-state index is 10.8. The molecule has 1 aromatic carbocycles. The highest BCUT2D eigenvalue weighted by molar-refractivity contribution is 5.69. The van der Waals surface area contributed by atoms with Crippen molar-refractivity contribution in [2.24, 2.45) is 0 Å². The van der Waals surface area contributed by atoms with Crippen molar-refractivity contribution in [3.63, 3.8) is 0 Å². The van der Waals surface area contributed by atoms with Crippen molar-refractivity contribution in [1.29, 1.82) is 0 Å². The van der Waals surface area contributed by atoms with E-state index in [0.29, 0.717) is 11.3 Å². The second-order valence-corrected chi connectivity index (χ2v) is 4.84. The Balaban J connectivity index is 2.95. The number of aliphatic carboxylic acids is 1. The van der Waals surface area contributed by atoms with Gasteiger partial charge >= 0.3 is 5.97 Å². The third-order valence-electron chi connectivity index (χ3n) is 2.48.